The second-order valence-electron chi connectivity index (χ2n) is 7.05. The van der Waals surface area contributed by atoms with E-state index in [0.717, 1.165) is 28.3 Å². The number of Topliss-reactive ketones (excluding diaryl/α,β-unsaturated/α-hetero) is 1. The Morgan fingerprint density at radius 3 is 2.76 bits per heavy atom. The molecule has 0 saturated heterocycles. The molecule has 2 heterocycles. The van der Waals surface area contributed by atoms with Crippen molar-refractivity contribution in [1.82, 2.24) is 4.98 Å². The van der Waals surface area contributed by atoms with Crippen molar-refractivity contribution in [2.45, 2.75) is 12.8 Å². The number of ether oxygens (including phenoxy) is 1. The Balaban J connectivity index is 1.39. The number of aromatic nitrogens is 1. The van der Waals surface area contributed by atoms with Crippen molar-refractivity contribution in [2.24, 2.45) is 0 Å². The number of benzene rings is 2. The molecule has 3 aromatic rings. The van der Waals surface area contributed by atoms with Crippen LogP contribution in [0, 0.1) is 0 Å². The van der Waals surface area contributed by atoms with Gasteiger partial charge in [0.05, 0.1) is 18.4 Å². The number of nitrogens with zero attached hydrogens (tertiary/aromatic N) is 1. The number of fused-ring (bicyclic) bond motifs is 2. The van der Waals surface area contributed by atoms with Gasteiger partial charge in [-0.3, -0.25) is 13.9 Å². The third kappa shape index (κ3) is 3.88. The maximum absolute atomic E-state index is 12.4. The molecule has 1 aliphatic heterocycles. The molecule has 0 saturated carbocycles. The molecule has 29 heavy (non-hydrogen) atoms. The lowest BCUT2D eigenvalue weighted by Gasteiger charge is -2.16. The molecule has 150 valence electrons. The van der Waals surface area contributed by atoms with Gasteiger partial charge in [-0.1, -0.05) is 18.2 Å². The quantitative estimate of drug-likeness (QED) is 0.496. The first-order valence-electron chi connectivity index (χ1n) is 9.17. The molecule has 2 aromatic carbocycles. The van der Waals surface area contributed by atoms with E-state index in [1.54, 1.807) is 24.4 Å². The summed E-state index contributed by atoms with van der Waals surface area (Å²) >= 11 is 0. The first-order chi connectivity index (χ1) is 13.8. The van der Waals surface area contributed by atoms with Crippen LogP contribution in [0.5, 0.6) is 0 Å². The summed E-state index contributed by atoms with van der Waals surface area (Å²) in [7, 11) is -3.33. The Bertz CT molecular complexity index is 1210. The minimum Gasteiger partial charge on any atom is -0.457 e. The molecule has 0 aliphatic carbocycles. The molecule has 0 bridgehead atoms. The van der Waals surface area contributed by atoms with Crippen molar-refractivity contribution in [3.05, 3.63) is 65.4 Å². The van der Waals surface area contributed by atoms with Crippen LogP contribution in [0.1, 0.15) is 21.5 Å². The standard InChI is InChI=1S/C21H20N2O5S/c1-29(26,27)23-9-8-14-10-15(6-7-19(14)23)20(24)13-28-21(25)11-16-12-22-18-5-3-2-4-17(16)18/h2-7,10,12,22H,8-9,11,13H2,1H3. The number of H-pyrrole nitrogens is 1. The third-order valence-corrected chi connectivity index (χ3v) is 6.21. The lowest BCUT2D eigenvalue weighted by Crippen LogP contribution is -2.27. The van der Waals surface area contributed by atoms with E-state index in [1.165, 1.54) is 4.31 Å². The van der Waals surface area contributed by atoms with Gasteiger partial charge in [-0.15, -0.1) is 0 Å². The number of hydrogen-bond acceptors (Lipinski definition) is 5. The van der Waals surface area contributed by atoms with Crippen LogP contribution in [-0.4, -0.2) is 44.6 Å². The van der Waals surface area contributed by atoms with E-state index in [0.29, 0.717) is 24.2 Å². The molecule has 7 nitrogen and oxygen atoms in total. The Kier molecular flexibility index (Phi) is 4.87. The lowest BCUT2D eigenvalue weighted by atomic mass is 10.1. The molecule has 4 rings (SSSR count). The molecule has 8 heteroatoms. The highest BCUT2D eigenvalue weighted by molar-refractivity contribution is 7.92. The van der Waals surface area contributed by atoms with E-state index < -0.39 is 16.0 Å². The Hall–Kier alpha value is -3.13. The predicted octanol–water partition coefficient (Wildman–Crippen LogP) is 2.46. The fourth-order valence-electron chi connectivity index (χ4n) is 3.60. The smallest absolute Gasteiger partial charge is 0.310 e. The van der Waals surface area contributed by atoms with Crippen LogP contribution < -0.4 is 4.31 Å². The van der Waals surface area contributed by atoms with Crippen molar-refractivity contribution in [2.75, 3.05) is 23.7 Å². The maximum atomic E-state index is 12.4. The average Bonchev–Trinajstić information content (AvgIpc) is 3.30. The summed E-state index contributed by atoms with van der Waals surface area (Å²) in [6, 6.07) is 12.5. The number of sulfonamides is 1. The van der Waals surface area contributed by atoms with Crippen LogP contribution in [0.3, 0.4) is 0 Å². The summed E-state index contributed by atoms with van der Waals surface area (Å²) in [6.45, 7) is 0.0151. The fourth-order valence-corrected chi connectivity index (χ4v) is 4.56. The molecule has 0 atom stereocenters. The van der Waals surface area contributed by atoms with Gasteiger partial charge in [-0.2, -0.15) is 0 Å². The number of rotatable bonds is 6. The average molecular weight is 412 g/mol. The molecular weight excluding hydrogens is 392 g/mol. The van der Waals surface area contributed by atoms with Crippen LogP contribution >= 0.6 is 0 Å². The van der Waals surface area contributed by atoms with Gasteiger partial charge in [0.25, 0.3) is 0 Å². The van der Waals surface area contributed by atoms with Crippen molar-refractivity contribution in [3.8, 4) is 0 Å². The number of carbonyl (C=O) groups excluding carboxylic acids is 2. The molecule has 0 amide bonds. The normalized spacial score (nSPS) is 13.5. The largest absolute Gasteiger partial charge is 0.457 e. The zero-order valence-electron chi connectivity index (χ0n) is 15.8. The molecule has 0 radical (unpaired) electrons. The van der Waals surface area contributed by atoms with Gasteiger partial charge in [-0.25, -0.2) is 8.42 Å². The second-order valence-corrected chi connectivity index (χ2v) is 8.96. The third-order valence-electron chi connectivity index (χ3n) is 5.03. The number of carbonyl (C=O) groups is 2. The SMILES string of the molecule is CS(=O)(=O)N1CCc2cc(C(=O)COC(=O)Cc3c[nH]c4ccccc34)ccc21. The van der Waals surface area contributed by atoms with Crippen molar-refractivity contribution >= 4 is 38.4 Å². The van der Waals surface area contributed by atoms with E-state index in [9.17, 15) is 18.0 Å². The molecule has 0 fully saturated rings. The monoisotopic (exact) mass is 412 g/mol. The molecule has 0 spiro atoms. The summed E-state index contributed by atoms with van der Waals surface area (Å²) in [5, 5.41) is 0.949. The van der Waals surface area contributed by atoms with E-state index in [4.69, 9.17) is 4.74 Å². The number of aromatic amines is 1. The topological polar surface area (TPSA) is 96.5 Å². The first-order valence-corrected chi connectivity index (χ1v) is 11.0. The van der Waals surface area contributed by atoms with Crippen LogP contribution in [0.15, 0.2) is 48.7 Å². The summed E-state index contributed by atoms with van der Waals surface area (Å²) < 4.78 is 30.1. The van der Waals surface area contributed by atoms with E-state index >= 15 is 0 Å². The van der Waals surface area contributed by atoms with Gasteiger partial charge < -0.3 is 9.72 Å². The van der Waals surface area contributed by atoms with Crippen LogP contribution in [-0.2, 0) is 32.4 Å². The predicted molar refractivity (Wildman–Crippen MR) is 110 cm³/mol. The van der Waals surface area contributed by atoms with Gasteiger partial charge in [0.15, 0.2) is 12.4 Å². The van der Waals surface area contributed by atoms with Crippen LogP contribution in [0.4, 0.5) is 5.69 Å². The van der Waals surface area contributed by atoms with Gasteiger partial charge >= 0.3 is 5.97 Å². The lowest BCUT2D eigenvalue weighted by molar-refractivity contribution is -0.141. The second kappa shape index (κ2) is 7.36. The molecular formula is C21H20N2O5S. The Morgan fingerprint density at radius 2 is 1.97 bits per heavy atom. The van der Waals surface area contributed by atoms with Crippen molar-refractivity contribution < 1.29 is 22.7 Å². The summed E-state index contributed by atoms with van der Waals surface area (Å²) in [4.78, 5) is 27.7. The maximum Gasteiger partial charge on any atom is 0.310 e. The number of ketones is 1. The van der Waals surface area contributed by atoms with Gasteiger partial charge in [0, 0.05) is 29.2 Å². The summed E-state index contributed by atoms with van der Waals surface area (Å²) in [5.41, 5.74) is 3.55. The van der Waals surface area contributed by atoms with E-state index in [2.05, 4.69) is 4.98 Å². The van der Waals surface area contributed by atoms with E-state index in [-0.39, 0.29) is 18.8 Å². The minimum atomic E-state index is -3.33. The minimum absolute atomic E-state index is 0.0742. The van der Waals surface area contributed by atoms with Crippen LogP contribution in [0.2, 0.25) is 0 Å². The molecule has 1 aliphatic rings. The molecule has 1 aromatic heterocycles. The van der Waals surface area contributed by atoms with Crippen LogP contribution in [0.25, 0.3) is 10.9 Å². The Labute approximate surface area is 168 Å². The number of para-hydroxylation sites is 1. The van der Waals surface area contributed by atoms with Gasteiger partial charge in [0.1, 0.15) is 0 Å². The van der Waals surface area contributed by atoms with Gasteiger partial charge in [-0.05, 0) is 41.8 Å². The Morgan fingerprint density at radius 1 is 1.17 bits per heavy atom. The van der Waals surface area contributed by atoms with Crippen molar-refractivity contribution in [3.63, 3.8) is 0 Å². The van der Waals surface area contributed by atoms with Crippen molar-refractivity contribution in [1.29, 1.82) is 0 Å². The van der Waals surface area contributed by atoms with E-state index in [1.807, 2.05) is 24.3 Å². The molecule has 0 unspecified atom stereocenters. The van der Waals surface area contributed by atoms with Gasteiger partial charge in [0.2, 0.25) is 10.0 Å². The summed E-state index contributed by atoms with van der Waals surface area (Å²) in [6.07, 6.45) is 3.55. The highest BCUT2D eigenvalue weighted by Crippen LogP contribution is 2.30. The zero-order chi connectivity index (χ0) is 20.6. The number of anilines is 1. The number of nitrogens with one attached hydrogen (secondary N) is 1. The highest BCUT2D eigenvalue weighted by Gasteiger charge is 2.26. The highest BCUT2D eigenvalue weighted by atomic mass is 32.2. The first kappa shape index (κ1) is 19.2. The number of esters is 1. The summed E-state index contributed by atoms with van der Waals surface area (Å²) in [5.74, 6) is -0.801. The molecule has 1 N–H and O–H groups in total. The fraction of sp³-hybridized carbons (Fsp3) is 0.238. The number of hydrogen-bond donors (Lipinski definition) is 1. The zero-order valence-corrected chi connectivity index (χ0v) is 16.7.